The highest BCUT2D eigenvalue weighted by Crippen LogP contribution is 2.11. The fourth-order valence-corrected chi connectivity index (χ4v) is 1.26. The van der Waals surface area contributed by atoms with Gasteiger partial charge >= 0.3 is 6.09 Å². The standard InChI is InChI=1S/C6H9NO2S/c1-9-6(8)7-4-2-3-5(7)10/h2-4H2,1H3. The van der Waals surface area contributed by atoms with E-state index in [1.165, 1.54) is 12.0 Å². The van der Waals surface area contributed by atoms with Crippen LogP contribution in [0.2, 0.25) is 0 Å². The molecule has 4 heteroatoms. The summed E-state index contributed by atoms with van der Waals surface area (Å²) < 4.78 is 4.50. The molecule has 1 heterocycles. The Bertz CT molecular complexity index is 169. The largest absolute Gasteiger partial charge is 0.452 e. The molecule has 0 aromatic heterocycles. The predicted octanol–water partition coefficient (Wildman–Crippen LogP) is 1.18. The van der Waals surface area contributed by atoms with Crippen LogP contribution in [0.3, 0.4) is 0 Å². The lowest BCUT2D eigenvalue weighted by Gasteiger charge is -2.12. The van der Waals surface area contributed by atoms with Gasteiger partial charge in [-0.15, -0.1) is 0 Å². The van der Waals surface area contributed by atoms with Gasteiger partial charge in [0.05, 0.1) is 12.1 Å². The molecule has 0 unspecified atom stereocenters. The van der Waals surface area contributed by atoms with Crippen molar-refractivity contribution in [2.75, 3.05) is 13.7 Å². The van der Waals surface area contributed by atoms with Gasteiger partial charge < -0.3 is 4.74 Å². The molecule has 0 aromatic rings. The number of hydrogen-bond acceptors (Lipinski definition) is 3. The van der Waals surface area contributed by atoms with Crippen LogP contribution in [0, 0.1) is 0 Å². The molecule has 1 saturated heterocycles. The highest BCUT2D eigenvalue weighted by molar-refractivity contribution is 7.80. The molecular formula is C6H9NO2S. The Kier molecular flexibility index (Phi) is 2.21. The van der Waals surface area contributed by atoms with E-state index in [4.69, 9.17) is 12.2 Å². The van der Waals surface area contributed by atoms with Crippen molar-refractivity contribution >= 4 is 23.3 Å². The fraction of sp³-hybridized carbons (Fsp3) is 0.667. The van der Waals surface area contributed by atoms with Crippen LogP contribution in [0.25, 0.3) is 0 Å². The number of carbonyl (C=O) groups excluding carboxylic acids is 1. The number of amides is 1. The summed E-state index contributed by atoms with van der Waals surface area (Å²) in [6.07, 6.45) is 1.47. The minimum absolute atomic E-state index is 0.331. The van der Waals surface area contributed by atoms with Gasteiger partial charge in [0.15, 0.2) is 0 Å². The zero-order chi connectivity index (χ0) is 7.56. The van der Waals surface area contributed by atoms with E-state index in [9.17, 15) is 4.79 Å². The summed E-state index contributed by atoms with van der Waals surface area (Å²) in [5.74, 6) is 0. The SMILES string of the molecule is COC(=O)N1CCCC1=S. The van der Waals surface area contributed by atoms with E-state index in [0.29, 0.717) is 11.5 Å². The molecular weight excluding hydrogens is 150 g/mol. The predicted molar refractivity (Wildman–Crippen MR) is 40.9 cm³/mol. The molecule has 0 aromatic carbocycles. The minimum atomic E-state index is -0.331. The van der Waals surface area contributed by atoms with Gasteiger partial charge in [0.1, 0.15) is 0 Å². The third-order valence-corrected chi connectivity index (χ3v) is 1.89. The molecule has 0 spiro atoms. The second-order valence-corrected chi connectivity index (χ2v) is 2.59. The first kappa shape index (κ1) is 7.47. The van der Waals surface area contributed by atoms with Gasteiger partial charge in [0.2, 0.25) is 0 Å². The van der Waals surface area contributed by atoms with Gasteiger partial charge in [-0.05, 0) is 6.42 Å². The molecule has 0 saturated carbocycles. The number of thiocarbonyl (C=S) groups is 1. The first-order valence-corrected chi connectivity index (χ1v) is 3.55. The molecule has 1 amide bonds. The van der Waals surface area contributed by atoms with Gasteiger partial charge in [-0.25, -0.2) is 4.79 Å². The first-order chi connectivity index (χ1) is 4.75. The lowest BCUT2D eigenvalue weighted by Crippen LogP contribution is -2.30. The Labute approximate surface area is 65.0 Å². The number of carbonyl (C=O) groups is 1. The third kappa shape index (κ3) is 1.26. The van der Waals surface area contributed by atoms with E-state index >= 15 is 0 Å². The molecule has 10 heavy (non-hydrogen) atoms. The van der Waals surface area contributed by atoms with Gasteiger partial charge in [-0.1, -0.05) is 12.2 Å². The number of ether oxygens (including phenoxy) is 1. The minimum Gasteiger partial charge on any atom is -0.452 e. The quantitative estimate of drug-likeness (QED) is 0.497. The zero-order valence-corrected chi connectivity index (χ0v) is 6.61. The van der Waals surface area contributed by atoms with Crippen LogP contribution in [0.15, 0.2) is 0 Å². The Balaban J connectivity index is 2.55. The Morgan fingerprint density at radius 2 is 2.50 bits per heavy atom. The summed E-state index contributed by atoms with van der Waals surface area (Å²) in [5.41, 5.74) is 0. The van der Waals surface area contributed by atoms with Crippen LogP contribution < -0.4 is 0 Å². The smallest absolute Gasteiger partial charge is 0.414 e. The van der Waals surface area contributed by atoms with Crippen molar-refractivity contribution in [3.05, 3.63) is 0 Å². The summed E-state index contributed by atoms with van der Waals surface area (Å²) in [6, 6.07) is 0. The van der Waals surface area contributed by atoms with E-state index < -0.39 is 0 Å². The van der Waals surface area contributed by atoms with Gasteiger partial charge in [0, 0.05) is 13.0 Å². The second kappa shape index (κ2) is 2.96. The Morgan fingerprint density at radius 3 is 2.90 bits per heavy atom. The monoisotopic (exact) mass is 159 g/mol. The Hall–Kier alpha value is -0.640. The van der Waals surface area contributed by atoms with E-state index in [2.05, 4.69) is 4.74 Å². The zero-order valence-electron chi connectivity index (χ0n) is 5.79. The molecule has 0 N–H and O–H groups in total. The molecule has 1 aliphatic heterocycles. The molecule has 1 fully saturated rings. The van der Waals surface area contributed by atoms with Crippen LogP contribution >= 0.6 is 12.2 Å². The average molecular weight is 159 g/mol. The normalized spacial score (nSPS) is 17.7. The van der Waals surface area contributed by atoms with Crippen molar-refractivity contribution in [2.24, 2.45) is 0 Å². The summed E-state index contributed by atoms with van der Waals surface area (Å²) in [6.45, 7) is 0.714. The van der Waals surface area contributed by atoms with Crippen LogP contribution in [0.4, 0.5) is 4.79 Å². The van der Waals surface area contributed by atoms with Crippen molar-refractivity contribution in [2.45, 2.75) is 12.8 Å². The lowest BCUT2D eigenvalue weighted by molar-refractivity contribution is 0.149. The molecule has 0 bridgehead atoms. The van der Waals surface area contributed by atoms with E-state index in [1.54, 1.807) is 0 Å². The van der Waals surface area contributed by atoms with E-state index in [-0.39, 0.29) is 6.09 Å². The molecule has 0 aliphatic carbocycles. The van der Waals surface area contributed by atoms with E-state index in [0.717, 1.165) is 12.8 Å². The van der Waals surface area contributed by atoms with Crippen LogP contribution in [-0.4, -0.2) is 29.6 Å². The third-order valence-electron chi connectivity index (χ3n) is 1.47. The van der Waals surface area contributed by atoms with Gasteiger partial charge in [-0.2, -0.15) is 0 Å². The van der Waals surface area contributed by atoms with E-state index in [1.807, 2.05) is 0 Å². The van der Waals surface area contributed by atoms with Crippen LogP contribution in [0.5, 0.6) is 0 Å². The molecule has 1 rings (SSSR count). The molecule has 0 atom stereocenters. The fourth-order valence-electron chi connectivity index (χ4n) is 0.951. The van der Waals surface area contributed by atoms with Crippen molar-refractivity contribution in [1.29, 1.82) is 0 Å². The number of methoxy groups -OCH3 is 1. The summed E-state index contributed by atoms with van der Waals surface area (Å²) in [5, 5.41) is 0. The Morgan fingerprint density at radius 1 is 1.80 bits per heavy atom. The lowest BCUT2D eigenvalue weighted by atomic mass is 10.4. The highest BCUT2D eigenvalue weighted by Gasteiger charge is 2.23. The molecule has 0 radical (unpaired) electrons. The summed E-state index contributed by atoms with van der Waals surface area (Å²) >= 11 is 4.91. The topological polar surface area (TPSA) is 29.5 Å². The molecule has 56 valence electrons. The molecule has 3 nitrogen and oxygen atoms in total. The average Bonchev–Trinajstić information content (AvgIpc) is 2.34. The number of nitrogens with zero attached hydrogens (tertiary/aromatic N) is 1. The second-order valence-electron chi connectivity index (χ2n) is 2.12. The number of hydrogen-bond donors (Lipinski definition) is 0. The maximum Gasteiger partial charge on any atom is 0.414 e. The van der Waals surface area contributed by atoms with Crippen molar-refractivity contribution in [3.63, 3.8) is 0 Å². The number of rotatable bonds is 0. The first-order valence-electron chi connectivity index (χ1n) is 3.14. The van der Waals surface area contributed by atoms with Gasteiger partial charge in [0.25, 0.3) is 0 Å². The maximum absolute atomic E-state index is 10.8. The van der Waals surface area contributed by atoms with Gasteiger partial charge in [-0.3, -0.25) is 4.90 Å². The maximum atomic E-state index is 10.8. The van der Waals surface area contributed by atoms with Crippen LogP contribution in [-0.2, 0) is 4.74 Å². The number of likely N-dealkylation sites (tertiary alicyclic amines) is 1. The summed E-state index contributed by atoms with van der Waals surface area (Å²) in [4.78, 5) is 13.0. The van der Waals surface area contributed by atoms with Crippen molar-refractivity contribution in [1.82, 2.24) is 4.90 Å². The summed E-state index contributed by atoms with van der Waals surface area (Å²) in [7, 11) is 1.36. The van der Waals surface area contributed by atoms with Crippen molar-refractivity contribution < 1.29 is 9.53 Å². The molecule has 1 aliphatic rings. The highest BCUT2D eigenvalue weighted by atomic mass is 32.1. The van der Waals surface area contributed by atoms with Crippen molar-refractivity contribution in [3.8, 4) is 0 Å². The van der Waals surface area contributed by atoms with Crippen LogP contribution in [0.1, 0.15) is 12.8 Å².